The highest BCUT2D eigenvalue weighted by Crippen LogP contribution is 2.33. The van der Waals surface area contributed by atoms with Gasteiger partial charge in [0, 0.05) is 5.92 Å². The minimum atomic E-state index is -1.50. The third kappa shape index (κ3) is 8.52. The van der Waals surface area contributed by atoms with Crippen molar-refractivity contribution in [2.45, 2.75) is 106 Å². The molecule has 10 nitrogen and oxygen atoms in total. The Labute approximate surface area is 206 Å². The lowest BCUT2D eigenvalue weighted by Gasteiger charge is -2.43. The van der Waals surface area contributed by atoms with Gasteiger partial charge in [0.15, 0.2) is 0 Å². The van der Waals surface area contributed by atoms with E-state index in [1.807, 2.05) is 0 Å². The maximum Gasteiger partial charge on any atom is 0.132 e. The minimum Gasteiger partial charge on any atom is -0.394 e. The van der Waals surface area contributed by atoms with Crippen molar-refractivity contribution in [3.63, 3.8) is 0 Å². The second kappa shape index (κ2) is 15.9. The molecule has 2 saturated heterocycles. The van der Waals surface area contributed by atoms with Crippen molar-refractivity contribution in [1.29, 1.82) is 0 Å². The normalized spacial score (nSPS) is 38.8. The summed E-state index contributed by atoms with van der Waals surface area (Å²) in [5, 5.41) is 70.1. The fourth-order valence-corrected chi connectivity index (χ4v) is 5.59. The van der Waals surface area contributed by atoms with Crippen LogP contribution >= 0.6 is 11.8 Å². The van der Waals surface area contributed by atoms with Crippen LogP contribution in [0.4, 0.5) is 0 Å². The monoisotopic (exact) mass is 512 g/mol. The quantitative estimate of drug-likeness (QED) is 0.140. The first kappa shape index (κ1) is 30.2. The molecule has 0 spiro atoms. The highest BCUT2D eigenvalue weighted by atomic mass is 32.2. The van der Waals surface area contributed by atoms with Crippen LogP contribution in [-0.2, 0) is 14.2 Å². The van der Waals surface area contributed by atoms with E-state index in [0.717, 1.165) is 18.6 Å². The average molecular weight is 513 g/mol. The van der Waals surface area contributed by atoms with Gasteiger partial charge in [0.25, 0.3) is 0 Å². The summed E-state index contributed by atoms with van der Waals surface area (Å²) in [6.45, 7) is 1.03. The van der Waals surface area contributed by atoms with E-state index in [0.29, 0.717) is 0 Å². The fraction of sp³-hybridized carbons (Fsp3) is 1.00. The fourth-order valence-electron chi connectivity index (χ4n) is 4.41. The molecule has 2 aliphatic heterocycles. The van der Waals surface area contributed by atoms with E-state index in [-0.39, 0.29) is 19.8 Å². The molecule has 0 bridgehead atoms. The third-order valence-electron chi connectivity index (χ3n) is 6.65. The first-order valence-corrected chi connectivity index (χ1v) is 13.5. The Hall–Kier alpha value is -0.0500. The van der Waals surface area contributed by atoms with E-state index in [2.05, 4.69) is 6.92 Å². The molecule has 0 aromatic heterocycles. The molecular weight excluding hydrogens is 468 g/mol. The second-order valence-electron chi connectivity index (χ2n) is 9.27. The van der Waals surface area contributed by atoms with Gasteiger partial charge in [-0.1, -0.05) is 45.4 Å². The number of unbranched alkanes of at least 4 members (excludes halogenated alkanes) is 6. The number of hydrogen-bond donors (Lipinski definition) is 7. The van der Waals surface area contributed by atoms with Crippen molar-refractivity contribution in [1.82, 2.24) is 0 Å². The summed E-state index contributed by atoms with van der Waals surface area (Å²) < 4.78 is 16.8. The van der Waals surface area contributed by atoms with Gasteiger partial charge in [0.1, 0.15) is 42.1 Å². The number of aliphatic hydroxyl groups is 7. The maximum absolute atomic E-state index is 10.7. The topological polar surface area (TPSA) is 169 Å². The molecule has 2 heterocycles. The van der Waals surface area contributed by atoms with Gasteiger partial charge in [0.05, 0.1) is 38.6 Å². The van der Waals surface area contributed by atoms with E-state index in [4.69, 9.17) is 14.2 Å². The highest BCUT2D eigenvalue weighted by molar-refractivity contribution is 7.99. The second-order valence-corrected chi connectivity index (χ2v) is 10.5. The molecule has 0 aliphatic carbocycles. The third-order valence-corrected chi connectivity index (χ3v) is 7.89. The Morgan fingerprint density at radius 2 is 1.26 bits per heavy atom. The van der Waals surface area contributed by atoms with E-state index in [1.54, 1.807) is 0 Å². The molecule has 7 N–H and O–H groups in total. The average Bonchev–Trinajstić information content (AvgIpc) is 2.84. The number of thioether (sulfide) groups is 1. The van der Waals surface area contributed by atoms with Crippen molar-refractivity contribution < 1.29 is 50.0 Å². The highest BCUT2D eigenvalue weighted by Gasteiger charge is 2.46. The summed E-state index contributed by atoms with van der Waals surface area (Å²) in [5.74, 6) is 0.0823. The molecule has 2 aliphatic rings. The predicted octanol–water partition coefficient (Wildman–Crippen LogP) is -0.616. The van der Waals surface area contributed by atoms with E-state index < -0.39 is 66.8 Å². The summed E-state index contributed by atoms with van der Waals surface area (Å²) >= 11 is 1.44. The van der Waals surface area contributed by atoms with Crippen LogP contribution in [0.1, 0.15) is 51.9 Å². The van der Waals surface area contributed by atoms with Gasteiger partial charge >= 0.3 is 0 Å². The zero-order valence-electron chi connectivity index (χ0n) is 20.0. The van der Waals surface area contributed by atoms with Crippen LogP contribution in [0.2, 0.25) is 0 Å². The Morgan fingerprint density at radius 3 is 1.91 bits per heavy atom. The van der Waals surface area contributed by atoms with Crippen LogP contribution in [0, 0.1) is 5.92 Å². The van der Waals surface area contributed by atoms with Crippen LogP contribution in [0.15, 0.2) is 0 Å². The van der Waals surface area contributed by atoms with E-state index in [1.165, 1.54) is 43.9 Å². The van der Waals surface area contributed by atoms with Crippen LogP contribution in [0.3, 0.4) is 0 Å². The predicted molar refractivity (Wildman–Crippen MR) is 126 cm³/mol. The standard InChI is InChI=1S/C23H44O10S/c1-2-3-4-5-6-7-8-9-34-23-22(30)18(26)14(15(10-24)33-23)12-31-13-17-20(28)21(29)19(27)16(11-25)32-17/h14-30H,2-13H2,1H3/t14-,15?,16?,17-,18+,19+,20?,21+,22?,23-/m0/s1. The molecule has 10 atom stereocenters. The lowest BCUT2D eigenvalue weighted by atomic mass is 9.90. The van der Waals surface area contributed by atoms with Crippen LogP contribution in [0.5, 0.6) is 0 Å². The van der Waals surface area contributed by atoms with Gasteiger partial charge in [-0.2, -0.15) is 0 Å². The smallest absolute Gasteiger partial charge is 0.132 e. The van der Waals surface area contributed by atoms with Gasteiger partial charge in [-0.25, -0.2) is 0 Å². The number of rotatable bonds is 15. The number of ether oxygens (including phenoxy) is 3. The lowest BCUT2D eigenvalue weighted by molar-refractivity contribution is -0.243. The molecule has 0 aromatic rings. The Morgan fingerprint density at radius 1 is 0.647 bits per heavy atom. The summed E-state index contributed by atoms with van der Waals surface area (Å²) in [4.78, 5) is 0. The van der Waals surface area contributed by atoms with Crippen molar-refractivity contribution in [3.8, 4) is 0 Å². The Kier molecular flexibility index (Phi) is 14.1. The van der Waals surface area contributed by atoms with Gasteiger partial charge in [-0.3, -0.25) is 0 Å². The molecule has 0 amide bonds. The molecule has 2 fully saturated rings. The maximum atomic E-state index is 10.7. The summed E-state index contributed by atoms with van der Waals surface area (Å²) in [7, 11) is 0. The molecule has 202 valence electrons. The molecular formula is C23H44O10S. The molecule has 0 radical (unpaired) electrons. The molecule has 4 unspecified atom stereocenters. The minimum absolute atomic E-state index is 0.0897. The summed E-state index contributed by atoms with van der Waals surface area (Å²) in [6, 6.07) is 0. The zero-order valence-corrected chi connectivity index (χ0v) is 20.8. The van der Waals surface area contributed by atoms with Gasteiger partial charge in [-0.05, 0) is 12.2 Å². The van der Waals surface area contributed by atoms with Crippen molar-refractivity contribution in [3.05, 3.63) is 0 Å². The van der Waals surface area contributed by atoms with Crippen LogP contribution < -0.4 is 0 Å². The van der Waals surface area contributed by atoms with Crippen molar-refractivity contribution in [2.75, 3.05) is 32.2 Å². The van der Waals surface area contributed by atoms with E-state index in [9.17, 15) is 35.7 Å². The summed E-state index contributed by atoms with van der Waals surface area (Å²) in [5.41, 5.74) is -0.645. The largest absolute Gasteiger partial charge is 0.394 e. The molecule has 0 saturated carbocycles. The summed E-state index contributed by atoms with van der Waals surface area (Å²) in [6.07, 6.45) is -1.17. The van der Waals surface area contributed by atoms with E-state index >= 15 is 0 Å². The van der Waals surface area contributed by atoms with Gasteiger partial charge in [0.2, 0.25) is 0 Å². The van der Waals surface area contributed by atoms with Gasteiger partial charge < -0.3 is 50.0 Å². The lowest BCUT2D eigenvalue weighted by Crippen LogP contribution is -2.60. The number of hydrogen-bond acceptors (Lipinski definition) is 11. The van der Waals surface area contributed by atoms with Crippen molar-refractivity contribution in [2.24, 2.45) is 5.92 Å². The van der Waals surface area contributed by atoms with Crippen molar-refractivity contribution >= 4 is 11.8 Å². The zero-order chi connectivity index (χ0) is 25.1. The Bertz CT molecular complexity index is 540. The Balaban J connectivity index is 1.76. The first-order valence-electron chi connectivity index (χ1n) is 12.5. The number of aliphatic hydroxyl groups excluding tert-OH is 7. The molecule has 0 aromatic carbocycles. The molecule has 11 heteroatoms. The first-order chi connectivity index (χ1) is 16.3. The van der Waals surface area contributed by atoms with Crippen LogP contribution in [-0.4, -0.2) is 122 Å². The van der Waals surface area contributed by atoms with Gasteiger partial charge in [-0.15, -0.1) is 11.8 Å². The molecule has 2 rings (SSSR count). The van der Waals surface area contributed by atoms with Crippen LogP contribution in [0.25, 0.3) is 0 Å². The molecule has 34 heavy (non-hydrogen) atoms. The SMILES string of the molecule is CCCCCCCCCS[C@@H]1OC(CO)[C@H](COC[C@@H]2OC(CO)[C@@H](O)[C@@H](O)C2O)[C@@H](O)C1O.